The number of nitrogens with zero attached hydrogens (tertiary/aromatic N) is 1. The molecule has 0 saturated carbocycles. The second-order valence-corrected chi connectivity index (χ2v) is 7.20. The number of hydrogen-bond acceptors (Lipinski definition) is 2. The maximum atomic E-state index is 13.5. The third kappa shape index (κ3) is 3.52. The first-order chi connectivity index (χ1) is 13.7. The van der Waals surface area contributed by atoms with Gasteiger partial charge in [-0.15, -0.1) is 0 Å². The van der Waals surface area contributed by atoms with Gasteiger partial charge in [-0.05, 0) is 36.6 Å². The molecule has 3 nitrogen and oxygen atoms in total. The van der Waals surface area contributed by atoms with Crippen LogP contribution in [0.1, 0.15) is 18.1 Å². The minimum Gasteiger partial charge on any atom is -0.323 e. The SMILES string of the molecule is CC(Cc1ccccc1)(C(=O)Nc1cccc2cccnc12)c1ccccc1. The van der Waals surface area contributed by atoms with E-state index in [-0.39, 0.29) is 5.91 Å². The van der Waals surface area contributed by atoms with Crippen LogP contribution in [0.5, 0.6) is 0 Å². The molecule has 0 saturated heterocycles. The van der Waals surface area contributed by atoms with Crippen LogP contribution in [-0.2, 0) is 16.6 Å². The smallest absolute Gasteiger partial charge is 0.235 e. The Hall–Kier alpha value is -3.46. The highest BCUT2D eigenvalue weighted by atomic mass is 16.2. The number of fused-ring (bicyclic) bond motifs is 1. The quantitative estimate of drug-likeness (QED) is 0.516. The summed E-state index contributed by atoms with van der Waals surface area (Å²) >= 11 is 0. The van der Waals surface area contributed by atoms with Gasteiger partial charge in [0.05, 0.1) is 16.6 Å². The van der Waals surface area contributed by atoms with Gasteiger partial charge < -0.3 is 5.32 Å². The van der Waals surface area contributed by atoms with Gasteiger partial charge >= 0.3 is 0 Å². The van der Waals surface area contributed by atoms with Crippen LogP contribution in [0.2, 0.25) is 0 Å². The molecule has 4 aromatic rings. The summed E-state index contributed by atoms with van der Waals surface area (Å²) in [5.74, 6) is -0.0410. The van der Waals surface area contributed by atoms with E-state index in [4.69, 9.17) is 0 Å². The van der Waals surface area contributed by atoms with E-state index in [0.717, 1.165) is 27.7 Å². The molecular formula is C25H22N2O. The molecule has 1 aromatic heterocycles. The average Bonchev–Trinajstić information content (AvgIpc) is 2.75. The van der Waals surface area contributed by atoms with E-state index in [0.29, 0.717) is 6.42 Å². The predicted octanol–water partition coefficient (Wildman–Crippen LogP) is 5.37. The maximum Gasteiger partial charge on any atom is 0.235 e. The predicted molar refractivity (Wildman–Crippen MR) is 114 cm³/mol. The lowest BCUT2D eigenvalue weighted by Crippen LogP contribution is -2.39. The molecule has 0 bridgehead atoms. The molecule has 0 radical (unpaired) electrons. The summed E-state index contributed by atoms with van der Waals surface area (Å²) in [4.78, 5) is 18.0. The van der Waals surface area contributed by atoms with Crippen molar-refractivity contribution in [1.82, 2.24) is 4.98 Å². The second kappa shape index (κ2) is 7.65. The van der Waals surface area contributed by atoms with Crippen molar-refractivity contribution in [3.8, 4) is 0 Å². The van der Waals surface area contributed by atoms with E-state index in [1.54, 1.807) is 6.20 Å². The summed E-state index contributed by atoms with van der Waals surface area (Å²) in [5, 5.41) is 4.15. The minimum absolute atomic E-state index is 0.0410. The molecule has 1 heterocycles. The third-order valence-corrected chi connectivity index (χ3v) is 5.19. The molecule has 0 aliphatic heterocycles. The van der Waals surface area contributed by atoms with Gasteiger partial charge in [0.25, 0.3) is 0 Å². The number of rotatable bonds is 5. The Morgan fingerprint density at radius 1 is 0.857 bits per heavy atom. The molecule has 1 atom stereocenters. The Morgan fingerprint density at radius 2 is 1.54 bits per heavy atom. The van der Waals surface area contributed by atoms with Gasteiger partial charge in [-0.3, -0.25) is 9.78 Å². The third-order valence-electron chi connectivity index (χ3n) is 5.19. The number of nitrogens with one attached hydrogen (secondary N) is 1. The van der Waals surface area contributed by atoms with Gasteiger partial charge in [0.15, 0.2) is 0 Å². The first-order valence-electron chi connectivity index (χ1n) is 9.41. The van der Waals surface area contributed by atoms with E-state index in [1.807, 2.05) is 85.8 Å². The van der Waals surface area contributed by atoms with Crippen LogP contribution < -0.4 is 5.32 Å². The molecule has 3 heteroatoms. The number of amides is 1. The molecule has 138 valence electrons. The summed E-state index contributed by atoms with van der Waals surface area (Å²) in [6.07, 6.45) is 2.36. The Morgan fingerprint density at radius 3 is 2.29 bits per heavy atom. The van der Waals surface area contributed by atoms with Crippen molar-refractivity contribution in [3.63, 3.8) is 0 Å². The van der Waals surface area contributed by atoms with Crippen LogP contribution in [0.25, 0.3) is 10.9 Å². The lowest BCUT2D eigenvalue weighted by atomic mass is 9.76. The molecular weight excluding hydrogens is 344 g/mol. The van der Waals surface area contributed by atoms with Gasteiger partial charge in [-0.25, -0.2) is 0 Å². The fourth-order valence-electron chi connectivity index (χ4n) is 3.59. The number of para-hydroxylation sites is 1. The lowest BCUT2D eigenvalue weighted by Gasteiger charge is -2.29. The van der Waals surface area contributed by atoms with Crippen LogP contribution in [-0.4, -0.2) is 10.9 Å². The highest BCUT2D eigenvalue weighted by Gasteiger charge is 2.35. The van der Waals surface area contributed by atoms with Crippen molar-refractivity contribution in [3.05, 3.63) is 108 Å². The van der Waals surface area contributed by atoms with Crippen LogP contribution in [0.15, 0.2) is 97.2 Å². The first kappa shape index (κ1) is 17.9. The highest BCUT2D eigenvalue weighted by Crippen LogP contribution is 2.31. The summed E-state index contributed by atoms with van der Waals surface area (Å²) < 4.78 is 0. The molecule has 4 rings (SSSR count). The van der Waals surface area contributed by atoms with Gasteiger partial charge in [0.2, 0.25) is 5.91 Å². The molecule has 0 fully saturated rings. The van der Waals surface area contributed by atoms with Gasteiger partial charge in [-0.2, -0.15) is 0 Å². The number of carbonyl (C=O) groups is 1. The summed E-state index contributed by atoms with van der Waals surface area (Å²) in [7, 11) is 0. The first-order valence-corrected chi connectivity index (χ1v) is 9.41. The van der Waals surface area contributed by atoms with Crippen molar-refractivity contribution in [2.45, 2.75) is 18.8 Å². The number of carbonyl (C=O) groups excluding carboxylic acids is 1. The van der Waals surface area contributed by atoms with E-state index in [1.165, 1.54) is 0 Å². The second-order valence-electron chi connectivity index (χ2n) is 7.20. The summed E-state index contributed by atoms with van der Waals surface area (Å²) in [6.45, 7) is 2.00. The fraction of sp³-hybridized carbons (Fsp3) is 0.120. The van der Waals surface area contributed by atoms with Crippen LogP contribution in [0, 0.1) is 0 Å². The lowest BCUT2D eigenvalue weighted by molar-refractivity contribution is -0.121. The standard InChI is InChI=1S/C25H22N2O/c1-25(21-14-6-3-7-15-21,18-19-10-4-2-5-11-19)24(28)27-22-16-8-12-20-13-9-17-26-23(20)22/h2-17H,18H2,1H3,(H,27,28). The zero-order chi connectivity index (χ0) is 19.4. The van der Waals surface area contributed by atoms with Gasteiger partial charge in [0, 0.05) is 11.6 Å². The molecule has 0 spiro atoms. The molecule has 1 unspecified atom stereocenters. The van der Waals surface area contributed by atoms with Gasteiger partial charge in [-0.1, -0.05) is 78.9 Å². The normalized spacial score (nSPS) is 13.0. The molecule has 1 amide bonds. The number of pyridine rings is 1. The zero-order valence-corrected chi connectivity index (χ0v) is 15.8. The monoisotopic (exact) mass is 366 g/mol. The van der Waals surface area contributed by atoms with Crippen LogP contribution in [0.3, 0.4) is 0 Å². The molecule has 28 heavy (non-hydrogen) atoms. The van der Waals surface area contributed by atoms with Crippen molar-refractivity contribution >= 4 is 22.5 Å². The largest absolute Gasteiger partial charge is 0.323 e. The van der Waals surface area contributed by atoms with Crippen molar-refractivity contribution in [2.75, 3.05) is 5.32 Å². The maximum absolute atomic E-state index is 13.5. The molecule has 3 aromatic carbocycles. The van der Waals surface area contributed by atoms with Crippen molar-refractivity contribution in [2.24, 2.45) is 0 Å². The number of benzene rings is 3. The van der Waals surface area contributed by atoms with Crippen LogP contribution in [0.4, 0.5) is 5.69 Å². The summed E-state index contributed by atoms with van der Waals surface area (Å²) in [5.41, 5.74) is 2.94. The topological polar surface area (TPSA) is 42.0 Å². The van der Waals surface area contributed by atoms with E-state index in [9.17, 15) is 4.79 Å². The molecule has 0 aliphatic carbocycles. The molecule has 1 N–H and O–H groups in total. The van der Waals surface area contributed by atoms with E-state index in [2.05, 4.69) is 22.4 Å². The number of hydrogen-bond donors (Lipinski definition) is 1. The Balaban J connectivity index is 1.73. The van der Waals surface area contributed by atoms with Crippen LogP contribution >= 0.6 is 0 Å². The number of anilines is 1. The van der Waals surface area contributed by atoms with Crippen molar-refractivity contribution in [1.29, 1.82) is 0 Å². The zero-order valence-electron chi connectivity index (χ0n) is 15.8. The summed E-state index contributed by atoms with van der Waals surface area (Å²) in [6, 6.07) is 29.8. The Labute approximate surface area is 165 Å². The van der Waals surface area contributed by atoms with Crippen molar-refractivity contribution < 1.29 is 4.79 Å². The molecule has 0 aliphatic rings. The Kier molecular flexibility index (Phi) is 4.90. The average molecular weight is 366 g/mol. The van der Waals surface area contributed by atoms with E-state index < -0.39 is 5.41 Å². The number of aromatic nitrogens is 1. The fourth-order valence-corrected chi connectivity index (χ4v) is 3.59. The minimum atomic E-state index is -0.709. The highest BCUT2D eigenvalue weighted by molar-refractivity contribution is 6.04. The van der Waals surface area contributed by atoms with E-state index >= 15 is 0 Å². The van der Waals surface area contributed by atoms with Gasteiger partial charge in [0.1, 0.15) is 0 Å². The Bertz CT molecular complexity index is 1090.